The fraction of sp³-hybridized carbons (Fsp3) is 0.0909. The van der Waals surface area contributed by atoms with Gasteiger partial charge in [0.25, 0.3) is 0 Å². The smallest absolute Gasteiger partial charge is 0.229 e. The molecule has 0 spiro atoms. The Bertz CT molecular complexity index is 1380. The summed E-state index contributed by atoms with van der Waals surface area (Å²) in [5.74, 6) is -0.123. The van der Waals surface area contributed by atoms with Crippen LogP contribution in [0.2, 0.25) is 0 Å². The van der Waals surface area contributed by atoms with Crippen molar-refractivity contribution in [2.75, 3.05) is 16.3 Å². The second-order valence-electron chi connectivity index (χ2n) is 7.08. The fourth-order valence-electron chi connectivity index (χ4n) is 3.21. The lowest BCUT2D eigenvalue weighted by molar-refractivity contribution is -0.115. The van der Waals surface area contributed by atoms with E-state index in [0.29, 0.717) is 39.4 Å². The Labute approximate surface area is 178 Å². The third kappa shape index (κ3) is 5.07. The van der Waals surface area contributed by atoms with E-state index >= 15 is 0 Å². The van der Waals surface area contributed by atoms with Crippen molar-refractivity contribution in [3.8, 4) is 11.4 Å². The molecule has 1 aromatic heterocycles. The van der Waals surface area contributed by atoms with Gasteiger partial charge in [0.15, 0.2) is 0 Å². The zero-order valence-corrected chi connectivity index (χ0v) is 17.3. The van der Waals surface area contributed by atoms with Gasteiger partial charge in [-0.05, 0) is 42.0 Å². The number of carbonyl (C=O) groups is 1. The lowest BCUT2D eigenvalue weighted by Crippen LogP contribution is -2.17. The average Bonchev–Trinajstić information content (AvgIpc) is 3.12. The van der Waals surface area contributed by atoms with Crippen LogP contribution >= 0.6 is 0 Å². The van der Waals surface area contributed by atoms with Gasteiger partial charge in [0.1, 0.15) is 11.6 Å². The van der Waals surface area contributed by atoms with E-state index in [1.54, 1.807) is 54.6 Å². The highest BCUT2D eigenvalue weighted by atomic mass is 32.2. The van der Waals surface area contributed by atoms with Crippen molar-refractivity contribution in [2.24, 2.45) is 0 Å². The molecule has 0 saturated carbocycles. The average molecular weight is 438 g/mol. The van der Waals surface area contributed by atoms with Gasteiger partial charge in [-0.25, -0.2) is 17.8 Å². The first kappa shape index (κ1) is 20.5. The molecule has 3 aromatic carbocycles. The molecule has 1 amide bonds. The molecule has 7 nitrogen and oxygen atoms in total. The van der Waals surface area contributed by atoms with E-state index < -0.39 is 10.0 Å². The largest absolute Gasteiger partial charge is 0.338 e. The molecule has 4 aromatic rings. The van der Waals surface area contributed by atoms with E-state index in [9.17, 15) is 17.6 Å². The first-order chi connectivity index (χ1) is 14.8. The zero-order chi connectivity index (χ0) is 22.0. The van der Waals surface area contributed by atoms with Crippen LogP contribution in [0.25, 0.3) is 22.4 Å². The maximum atomic E-state index is 13.5. The first-order valence-corrected chi connectivity index (χ1v) is 11.3. The van der Waals surface area contributed by atoms with Crippen LogP contribution in [0.15, 0.2) is 66.7 Å². The molecule has 1 heterocycles. The van der Waals surface area contributed by atoms with Crippen LogP contribution in [0.4, 0.5) is 15.8 Å². The Morgan fingerprint density at radius 3 is 2.65 bits per heavy atom. The van der Waals surface area contributed by atoms with E-state index in [2.05, 4.69) is 20.0 Å². The molecule has 0 bridgehead atoms. The third-order valence-electron chi connectivity index (χ3n) is 4.53. The standard InChI is InChI=1S/C22H19FN4O3S/c1-31(29,30)27-18-8-3-2-5-14(18)12-21(28)24-17-9-10-19-20(13-17)26-22(25-19)15-6-4-7-16(23)11-15/h2-11,13,27H,12H2,1H3,(H,24,28)(H,25,26). The number of nitrogens with zero attached hydrogens (tertiary/aromatic N) is 1. The number of hydrogen-bond donors (Lipinski definition) is 3. The van der Waals surface area contributed by atoms with E-state index in [4.69, 9.17) is 0 Å². The van der Waals surface area contributed by atoms with Crippen LogP contribution in [0.3, 0.4) is 0 Å². The summed E-state index contributed by atoms with van der Waals surface area (Å²) in [5, 5.41) is 2.81. The van der Waals surface area contributed by atoms with Crippen LogP contribution < -0.4 is 10.0 Å². The number of nitrogens with one attached hydrogen (secondary N) is 3. The molecule has 0 aliphatic heterocycles. The van der Waals surface area contributed by atoms with Crippen LogP contribution in [-0.2, 0) is 21.2 Å². The van der Waals surface area contributed by atoms with E-state index in [0.717, 1.165) is 6.26 Å². The number of aromatic amines is 1. The van der Waals surface area contributed by atoms with Crippen molar-refractivity contribution in [1.29, 1.82) is 0 Å². The van der Waals surface area contributed by atoms with Crippen molar-refractivity contribution < 1.29 is 17.6 Å². The van der Waals surface area contributed by atoms with Crippen molar-refractivity contribution in [1.82, 2.24) is 9.97 Å². The Kier molecular flexibility index (Phi) is 5.43. The van der Waals surface area contributed by atoms with Gasteiger partial charge in [-0.1, -0.05) is 30.3 Å². The molecular weight excluding hydrogens is 419 g/mol. The third-order valence-corrected chi connectivity index (χ3v) is 5.12. The van der Waals surface area contributed by atoms with Gasteiger partial charge >= 0.3 is 0 Å². The summed E-state index contributed by atoms with van der Waals surface area (Å²) in [5.41, 5.74) is 3.47. The number of amides is 1. The number of H-pyrrole nitrogens is 1. The van der Waals surface area contributed by atoms with Gasteiger partial charge < -0.3 is 10.3 Å². The monoisotopic (exact) mass is 438 g/mol. The predicted molar refractivity (Wildman–Crippen MR) is 119 cm³/mol. The SMILES string of the molecule is CS(=O)(=O)Nc1ccccc1CC(=O)Nc1ccc2nc(-c3cccc(F)c3)[nH]c2c1. The summed E-state index contributed by atoms with van der Waals surface area (Å²) in [7, 11) is -3.46. The number of anilines is 2. The molecule has 0 aliphatic carbocycles. The van der Waals surface area contributed by atoms with Crippen LogP contribution in [-0.4, -0.2) is 30.5 Å². The van der Waals surface area contributed by atoms with Crippen molar-refractivity contribution in [3.05, 3.63) is 78.1 Å². The Morgan fingerprint density at radius 2 is 1.87 bits per heavy atom. The maximum Gasteiger partial charge on any atom is 0.229 e. The van der Waals surface area contributed by atoms with Crippen LogP contribution in [0.1, 0.15) is 5.56 Å². The van der Waals surface area contributed by atoms with Crippen molar-refractivity contribution >= 4 is 38.3 Å². The topological polar surface area (TPSA) is 104 Å². The van der Waals surface area contributed by atoms with E-state index in [1.165, 1.54) is 12.1 Å². The number of carbonyl (C=O) groups excluding carboxylic acids is 1. The number of sulfonamides is 1. The number of rotatable bonds is 6. The van der Waals surface area contributed by atoms with Gasteiger partial charge in [-0.3, -0.25) is 9.52 Å². The van der Waals surface area contributed by atoms with E-state index in [1.807, 2.05) is 0 Å². The summed E-state index contributed by atoms with van der Waals surface area (Å²) >= 11 is 0. The normalized spacial score (nSPS) is 11.4. The first-order valence-electron chi connectivity index (χ1n) is 9.38. The summed E-state index contributed by atoms with van der Waals surface area (Å²) in [6.45, 7) is 0. The van der Waals surface area contributed by atoms with Crippen LogP contribution in [0.5, 0.6) is 0 Å². The number of para-hydroxylation sites is 1. The summed E-state index contributed by atoms with van der Waals surface area (Å²) in [6, 6.07) is 18.1. The second kappa shape index (κ2) is 8.19. The summed E-state index contributed by atoms with van der Waals surface area (Å²) < 4.78 is 39.0. The highest BCUT2D eigenvalue weighted by Gasteiger charge is 2.12. The molecule has 158 valence electrons. The van der Waals surface area contributed by atoms with Gasteiger partial charge in [-0.15, -0.1) is 0 Å². The highest BCUT2D eigenvalue weighted by Crippen LogP contribution is 2.24. The number of imidazole rings is 1. The Hall–Kier alpha value is -3.72. The van der Waals surface area contributed by atoms with Gasteiger partial charge in [0, 0.05) is 11.3 Å². The predicted octanol–water partition coefficient (Wildman–Crippen LogP) is 3.92. The number of fused-ring (bicyclic) bond motifs is 1. The fourth-order valence-corrected chi connectivity index (χ4v) is 3.81. The number of benzene rings is 3. The molecule has 4 rings (SSSR count). The molecule has 0 unspecified atom stereocenters. The highest BCUT2D eigenvalue weighted by molar-refractivity contribution is 7.92. The molecule has 0 atom stereocenters. The lowest BCUT2D eigenvalue weighted by Gasteiger charge is -2.11. The van der Waals surface area contributed by atoms with E-state index in [-0.39, 0.29) is 18.1 Å². The summed E-state index contributed by atoms with van der Waals surface area (Å²) in [6.07, 6.45) is 1.05. The van der Waals surface area contributed by atoms with Crippen molar-refractivity contribution in [2.45, 2.75) is 6.42 Å². The second-order valence-corrected chi connectivity index (χ2v) is 8.83. The minimum absolute atomic E-state index is 0.00571. The Morgan fingerprint density at radius 1 is 1.06 bits per heavy atom. The minimum atomic E-state index is -3.46. The number of aromatic nitrogens is 2. The molecule has 3 N–H and O–H groups in total. The molecule has 0 aliphatic rings. The molecule has 9 heteroatoms. The maximum absolute atomic E-state index is 13.5. The Balaban J connectivity index is 1.52. The molecule has 0 fully saturated rings. The lowest BCUT2D eigenvalue weighted by atomic mass is 10.1. The van der Waals surface area contributed by atoms with Crippen molar-refractivity contribution in [3.63, 3.8) is 0 Å². The molecular formula is C22H19FN4O3S. The van der Waals surface area contributed by atoms with Gasteiger partial charge in [0.2, 0.25) is 15.9 Å². The van der Waals surface area contributed by atoms with Crippen LogP contribution in [0, 0.1) is 5.82 Å². The zero-order valence-electron chi connectivity index (χ0n) is 16.5. The molecule has 0 radical (unpaired) electrons. The van der Waals surface area contributed by atoms with Gasteiger partial charge in [-0.2, -0.15) is 0 Å². The number of hydrogen-bond acceptors (Lipinski definition) is 4. The quantitative estimate of drug-likeness (QED) is 0.424. The summed E-state index contributed by atoms with van der Waals surface area (Å²) in [4.78, 5) is 20.1. The van der Waals surface area contributed by atoms with Gasteiger partial charge in [0.05, 0.1) is 29.4 Å². The minimum Gasteiger partial charge on any atom is -0.338 e. The molecule has 31 heavy (non-hydrogen) atoms. The molecule has 0 saturated heterocycles. The number of halogens is 1.